The molecular weight excluding hydrogens is 1100 g/mol. The van der Waals surface area contributed by atoms with Gasteiger partial charge in [0, 0.05) is 12.8 Å². The molecule has 0 aliphatic heterocycles. The fraction of sp³-hybridized carbons (Fsp3) is 0.948. The first-order valence-corrected chi connectivity index (χ1v) is 40.4. The Hall–Kier alpha value is -1.25. The Morgan fingerprint density at radius 3 is 0.851 bits per heavy atom. The molecule has 0 aromatic rings. The SMILES string of the molecule is CCCCCCCCCC/C=C\CCCCCCCCCCCCCCCCCCCCCCCCCC(=O)OC(COC(=O)CCCCCCCCCCCCCCCCCCCCCCCCCCCCCC)COP(=O)(O)OCC[N+](C)(C)C. The first-order chi connectivity index (χ1) is 42.5. The lowest BCUT2D eigenvalue weighted by molar-refractivity contribution is -0.870. The van der Waals surface area contributed by atoms with E-state index in [2.05, 4.69) is 26.0 Å². The molecule has 10 heteroatoms. The highest BCUT2D eigenvalue weighted by Crippen LogP contribution is 2.43. The number of carbonyl (C=O) groups excluding carboxylic acids is 2. The number of phosphoric ester groups is 1. The van der Waals surface area contributed by atoms with Gasteiger partial charge in [-0.25, -0.2) is 4.57 Å². The van der Waals surface area contributed by atoms with E-state index in [9.17, 15) is 19.0 Å². The van der Waals surface area contributed by atoms with E-state index in [0.717, 1.165) is 38.5 Å². The van der Waals surface area contributed by atoms with Gasteiger partial charge in [-0.05, 0) is 38.5 Å². The maximum atomic E-state index is 12.9. The molecule has 2 atom stereocenters. The predicted molar refractivity (Wildman–Crippen MR) is 377 cm³/mol. The van der Waals surface area contributed by atoms with Crippen LogP contribution in [0.2, 0.25) is 0 Å². The molecule has 0 rings (SSSR count). The number of nitrogens with zero attached hydrogens (tertiary/aromatic N) is 1. The average molecular weight is 1250 g/mol. The molecule has 0 aromatic carbocycles. The van der Waals surface area contributed by atoms with Crippen molar-refractivity contribution >= 4 is 19.8 Å². The van der Waals surface area contributed by atoms with Crippen LogP contribution in [0.15, 0.2) is 12.2 Å². The van der Waals surface area contributed by atoms with Crippen LogP contribution in [0.3, 0.4) is 0 Å². The van der Waals surface area contributed by atoms with Crippen molar-refractivity contribution in [3.8, 4) is 0 Å². The highest BCUT2D eigenvalue weighted by Gasteiger charge is 2.27. The molecule has 9 nitrogen and oxygen atoms in total. The number of hydrogen-bond donors (Lipinski definition) is 1. The minimum atomic E-state index is -4.39. The summed E-state index contributed by atoms with van der Waals surface area (Å²) in [5, 5.41) is 0. The molecular formula is C77H153NO8P+. The van der Waals surface area contributed by atoms with Gasteiger partial charge in [-0.2, -0.15) is 0 Å². The summed E-state index contributed by atoms with van der Waals surface area (Å²) in [7, 11) is 1.51. The van der Waals surface area contributed by atoms with Crippen LogP contribution in [-0.4, -0.2) is 74.9 Å². The second-order valence-corrected chi connectivity index (χ2v) is 29.6. The summed E-state index contributed by atoms with van der Waals surface area (Å²) in [6.45, 7) is 4.53. The fourth-order valence-corrected chi connectivity index (χ4v) is 12.8. The molecule has 0 saturated carbocycles. The van der Waals surface area contributed by atoms with E-state index >= 15 is 0 Å². The van der Waals surface area contributed by atoms with Crippen LogP contribution < -0.4 is 0 Å². The highest BCUT2D eigenvalue weighted by atomic mass is 31.2. The van der Waals surface area contributed by atoms with Crippen LogP contribution in [0.1, 0.15) is 418 Å². The molecule has 0 aliphatic carbocycles. The number of likely N-dealkylation sites (N-methyl/N-ethyl adjacent to an activating group) is 1. The van der Waals surface area contributed by atoms with Gasteiger partial charge < -0.3 is 18.9 Å². The zero-order valence-corrected chi connectivity index (χ0v) is 60.2. The van der Waals surface area contributed by atoms with Gasteiger partial charge in [-0.3, -0.25) is 18.6 Å². The Kier molecular flexibility index (Phi) is 68.1. The van der Waals surface area contributed by atoms with Gasteiger partial charge >= 0.3 is 19.8 Å². The van der Waals surface area contributed by atoms with Crippen LogP contribution in [-0.2, 0) is 32.7 Å². The summed E-state index contributed by atoms with van der Waals surface area (Å²) in [6, 6.07) is 0. The van der Waals surface area contributed by atoms with Crippen LogP contribution in [0.5, 0.6) is 0 Å². The average Bonchev–Trinajstić information content (AvgIpc) is 3.67. The molecule has 0 aliphatic rings. The van der Waals surface area contributed by atoms with E-state index in [-0.39, 0.29) is 25.6 Å². The number of unbranched alkanes of at least 4 members (excludes halogenated alkanes) is 58. The van der Waals surface area contributed by atoms with Crippen molar-refractivity contribution in [3.63, 3.8) is 0 Å². The van der Waals surface area contributed by atoms with Gasteiger partial charge in [0.25, 0.3) is 0 Å². The van der Waals surface area contributed by atoms with Crippen molar-refractivity contribution in [2.45, 2.75) is 424 Å². The minimum absolute atomic E-state index is 0.0370. The van der Waals surface area contributed by atoms with Crippen molar-refractivity contribution in [3.05, 3.63) is 12.2 Å². The Balaban J connectivity index is 3.91. The molecule has 2 unspecified atom stereocenters. The lowest BCUT2D eigenvalue weighted by Gasteiger charge is -2.24. The summed E-state index contributed by atoms with van der Waals surface area (Å²) >= 11 is 0. The second kappa shape index (κ2) is 69.1. The second-order valence-electron chi connectivity index (χ2n) is 28.1. The number of phosphoric acid groups is 1. The fourth-order valence-electron chi connectivity index (χ4n) is 12.1. The van der Waals surface area contributed by atoms with Gasteiger partial charge in [-0.1, -0.05) is 379 Å². The molecule has 0 saturated heterocycles. The Labute approximate surface area is 543 Å². The van der Waals surface area contributed by atoms with Crippen molar-refractivity contribution < 1.29 is 42.1 Å². The molecule has 87 heavy (non-hydrogen) atoms. The van der Waals surface area contributed by atoms with E-state index in [1.807, 2.05) is 21.1 Å². The quantitative estimate of drug-likeness (QED) is 0.0211. The van der Waals surface area contributed by atoms with Gasteiger partial charge in [0.05, 0.1) is 27.7 Å². The maximum absolute atomic E-state index is 12.9. The lowest BCUT2D eigenvalue weighted by Crippen LogP contribution is -2.37. The monoisotopic (exact) mass is 1250 g/mol. The van der Waals surface area contributed by atoms with Crippen molar-refractivity contribution in [1.29, 1.82) is 0 Å². The number of rotatable bonds is 74. The summed E-state index contributed by atoms with van der Waals surface area (Å²) < 4.78 is 34.8. The number of allylic oxidation sites excluding steroid dienone is 2. The van der Waals surface area contributed by atoms with Crippen LogP contribution in [0.4, 0.5) is 0 Å². The van der Waals surface area contributed by atoms with E-state index in [1.165, 1.54) is 353 Å². The molecule has 0 amide bonds. The van der Waals surface area contributed by atoms with Crippen molar-refractivity contribution in [2.75, 3.05) is 47.5 Å². The molecule has 0 radical (unpaired) electrons. The zero-order chi connectivity index (χ0) is 63.4. The first kappa shape index (κ1) is 85.8. The van der Waals surface area contributed by atoms with Crippen LogP contribution in [0, 0.1) is 0 Å². The van der Waals surface area contributed by atoms with Gasteiger partial charge in [0.1, 0.15) is 19.8 Å². The molecule has 0 heterocycles. The van der Waals surface area contributed by atoms with E-state index in [0.29, 0.717) is 17.4 Å². The lowest BCUT2D eigenvalue weighted by atomic mass is 10.0. The molecule has 0 spiro atoms. The molecule has 0 aromatic heterocycles. The maximum Gasteiger partial charge on any atom is 0.472 e. The Morgan fingerprint density at radius 2 is 0.586 bits per heavy atom. The number of esters is 2. The van der Waals surface area contributed by atoms with Crippen molar-refractivity contribution in [1.82, 2.24) is 0 Å². The smallest absolute Gasteiger partial charge is 0.462 e. The standard InChI is InChI=1S/C77H152NO8P/c1-6-8-10-12-14-16-18-20-22-24-26-28-30-32-34-36-37-38-39-40-41-42-44-46-48-50-52-54-56-58-60-62-64-66-68-70-77(80)86-75(74-85-87(81,82)84-72-71-78(3,4)5)73-83-76(79)69-67-65-63-61-59-57-55-53-51-49-47-45-43-35-33-31-29-27-25-23-21-19-17-15-13-11-9-7-2/h24,26,75H,6-23,25,27-74H2,1-5H3/p+1/b26-24-. The summed E-state index contributed by atoms with van der Waals surface area (Å²) in [4.78, 5) is 35.9. The summed E-state index contributed by atoms with van der Waals surface area (Å²) in [5.74, 6) is -0.767. The third kappa shape index (κ3) is 73.7. The predicted octanol–water partition coefficient (Wildman–Crippen LogP) is 25.5. The summed E-state index contributed by atoms with van der Waals surface area (Å²) in [5.41, 5.74) is 0. The van der Waals surface area contributed by atoms with Gasteiger partial charge in [-0.15, -0.1) is 0 Å². The third-order valence-corrected chi connectivity index (χ3v) is 19.0. The van der Waals surface area contributed by atoms with E-state index < -0.39 is 26.5 Å². The largest absolute Gasteiger partial charge is 0.472 e. The minimum Gasteiger partial charge on any atom is -0.462 e. The van der Waals surface area contributed by atoms with Crippen LogP contribution >= 0.6 is 7.82 Å². The first-order valence-electron chi connectivity index (χ1n) is 38.9. The summed E-state index contributed by atoms with van der Waals surface area (Å²) in [6.07, 6.45) is 86.4. The van der Waals surface area contributed by atoms with Gasteiger partial charge in [0.15, 0.2) is 6.10 Å². The molecule has 0 fully saturated rings. The zero-order valence-electron chi connectivity index (χ0n) is 59.3. The van der Waals surface area contributed by atoms with E-state index in [1.54, 1.807) is 0 Å². The number of hydrogen-bond acceptors (Lipinski definition) is 7. The van der Waals surface area contributed by atoms with E-state index in [4.69, 9.17) is 18.5 Å². The molecule has 518 valence electrons. The number of ether oxygens (including phenoxy) is 2. The number of carbonyl (C=O) groups is 2. The Bertz CT molecular complexity index is 1470. The van der Waals surface area contributed by atoms with Crippen molar-refractivity contribution in [2.24, 2.45) is 0 Å². The molecule has 1 N–H and O–H groups in total. The van der Waals surface area contributed by atoms with Gasteiger partial charge in [0.2, 0.25) is 0 Å². The number of quaternary nitrogens is 1. The topological polar surface area (TPSA) is 108 Å². The van der Waals surface area contributed by atoms with Crippen LogP contribution in [0.25, 0.3) is 0 Å². The molecule has 0 bridgehead atoms. The third-order valence-electron chi connectivity index (χ3n) is 18.0. The normalized spacial score (nSPS) is 13.0. The Morgan fingerprint density at radius 1 is 0.345 bits per heavy atom. The highest BCUT2D eigenvalue weighted by molar-refractivity contribution is 7.47.